The lowest BCUT2D eigenvalue weighted by Gasteiger charge is -2.56. The molecule has 0 bridgehead atoms. The van der Waals surface area contributed by atoms with Crippen molar-refractivity contribution in [3.63, 3.8) is 0 Å². The van der Waals surface area contributed by atoms with Crippen molar-refractivity contribution in [1.82, 2.24) is 5.32 Å². The maximum Gasteiger partial charge on any atom is 0.143 e. The van der Waals surface area contributed by atoms with Gasteiger partial charge in [0.2, 0.25) is 0 Å². The zero-order valence-corrected chi connectivity index (χ0v) is 18.3. The number of ketones is 1. The van der Waals surface area contributed by atoms with Gasteiger partial charge in [-0.05, 0) is 99.7 Å². The maximum atomic E-state index is 13.1. The molecule has 158 valence electrons. The van der Waals surface area contributed by atoms with Gasteiger partial charge in [-0.3, -0.25) is 9.79 Å². The highest BCUT2D eigenvalue weighted by Crippen LogP contribution is 2.64. The molecule has 8 atom stereocenters. The lowest BCUT2D eigenvalue weighted by atomic mass is 9.49. The Morgan fingerprint density at radius 3 is 2.50 bits per heavy atom. The minimum Gasteiger partial charge on any atom is -0.390 e. The van der Waals surface area contributed by atoms with Crippen molar-refractivity contribution < 1.29 is 9.90 Å². The Labute approximate surface area is 171 Å². The van der Waals surface area contributed by atoms with Gasteiger partial charge in [0, 0.05) is 20.0 Å². The number of aliphatic imine (C=N–C) groups is 1. The van der Waals surface area contributed by atoms with E-state index in [4.69, 9.17) is 0 Å². The SMILES string of the molecule is C/N=C(/CC(=O)[C@H]1CC[C@H]2[C@@H]3CC[C@@H]4C[C@](C)(O)CC[C@@H]4[C@H]3CC[C@]12C)NC. The van der Waals surface area contributed by atoms with Gasteiger partial charge in [-0.2, -0.15) is 0 Å². The van der Waals surface area contributed by atoms with Crippen molar-refractivity contribution in [2.75, 3.05) is 14.1 Å². The third-order valence-electron chi connectivity index (χ3n) is 9.53. The second-order valence-electron chi connectivity index (χ2n) is 10.9. The number of fused-ring (bicyclic) bond motifs is 5. The Kier molecular flexibility index (Phi) is 5.39. The maximum absolute atomic E-state index is 13.1. The second-order valence-corrected chi connectivity index (χ2v) is 10.9. The molecular formula is C24H40N2O2. The zero-order chi connectivity index (χ0) is 20.1. The van der Waals surface area contributed by atoms with Crippen LogP contribution in [0.4, 0.5) is 0 Å². The molecule has 4 aliphatic rings. The molecule has 0 saturated heterocycles. The van der Waals surface area contributed by atoms with Gasteiger partial charge in [0.05, 0.1) is 12.0 Å². The van der Waals surface area contributed by atoms with E-state index < -0.39 is 5.60 Å². The molecule has 0 aromatic heterocycles. The highest BCUT2D eigenvalue weighted by molar-refractivity contribution is 6.02. The van der Waals surface area contributed by atoms with E-state index in [1.807, 2.05) is 14.0 Å². The van der Waals surface area contributed by atoms with Crippen LogP contribution in [0.3, 0.4) is 0 Å². The predicted molar refractivity (Wildman–Crippen MR) is 113 cm³/mol. The van der Waals surface area contributed by atoms with Crippen LogP contribution in [0.15, 0.2) is 4.99 Å². The van der Waals surface area contributed by atoms with Gasteiger partial charge >= 0.3 is 0 Å². The van der Waals surface area contributed by atoms with Crippen LogP contribution in [0.25, 0.3) is 0 Å². The minimum absolute atomic E-state index is 0.192. The van der Waals surface area contributed by atoms with Gasteiger partial charge in [0.15, 0.2) is 0 Å². The monoisotopic (exact) mass is 388 g/mol. The molecule has 4 aliphatic carbocycles. The summed E-state index contributed by atoms with van der Waals surface area (Å²) >= 11 is 0. The normalized spacial score (nSPS) is 48.4. The van der Waals surface area contributed by atoms with E-state index in [9.17, 15) is 9.90 Å². The third-order valence-corrected chi connectivity index (χ3v) is 9.53. The molecule has 4 heteroatoms. The van der Waals surface area contributed by atoms with Crippen molar-refractivity contribution in [2.45, 2.75) is 83.7 Å². The number of Topliss-reactive ketones (excluding diaryl/α,β-unsaturated/α-hetero) is 1. The fraction of sp³-hybridized carbons (Fsp3) is 0.917. The van der Waals surface area contributed by atoms with E-state index in [1.165, 1.54) is 38.5 Å². The average molecular weight is 389 g/mol. The molecule has 0 aromatic carbocycles. The summed E-state index contributed by atoms with van der Waals surface area (Å²) in [7, 11) is 3.63. The van der Waals surface area contributed by atoms with Crippen LogP contribution in [0, 0.1) is 40.9 Å². The number of carbonyl (C=O) groups excluding carboxylic acids is 1. The molecule has 4 saturated carbocycles. The van der Waals surface area contributed by atoms with Crippen LogP contribution in [-0.4, -0.2) is 36.4 Å². The van der Waals surface area contributed by atoms with Crippen molar-refractivity contribution in [2.24, 2.45) is 45.9 Å². The molecule has 0 amide bonds. The van der Waals surface area contributed by atoms with Crippen LogP contribution < -0.4 is 5.32 Å². The highest BCUT2D eigenvalue weighted by atomic mass is 16.3. The third kappa shape index (κ3) is 3.34. The lowest BCUT2D eigenvalue weighted by Crippen LogP contribution is -2.51. The zero-order valence-electron chi connectivity index (χ0n) is 18.3. The highest BCUT2D eigenvalue weighted by Gasteiger charge is 2.58. The number of nitrogens with zero attached hydrogens (tertiary/aromatic N) is 1. The van der Waals surface area contributed by atoms with Crippen molar-refractivity contribution in [3.8, 4) is 0 Å². The summed E-state index contributed by atoms with van der Waals surface area (Å²) in [6.45, 7) is 4.47. The number of rotatable bonds is 3. The van der Waals surface area contributed by atoms with E-state index in [-0.39, 0.29) is 11.3 Å². The quantitative estimate of drug-likeness (QED) is 0.562. The number of nitrogens with one attached hydrogen (secondary N) is 1. The first-order chi connectivity index (χ1) is 13.3. The average Bonchev–Trinajstić information content (AvgIpc) is 3.02. The first-order valence-corrected chi connectivity index (χ1v) is 11.7. The summed E-state index contributed by atoms with van der Waals surface area (Å²) in [5, 5.41) is 13.6. The molecular weight excluding hydrogens is 348 g/mol. The van der Waals surface area contributed by atoms with Crippen molar-refractivity contribution in [3.05, 3.63) is 0 Å². The second kappa shape index (κ2) is 7.41. The Morgan fingerprint density at radius 2 is 1.79 bits per heavy atom. The van der Waals surface area contributed by atoms with Gasteiger partial charge in [-0.1, -0.05) is 6.92 Å². The van der Waals surface area contributed by atoms with Gasteiger partial charge in [0.1, 0.15) is 11.6 Å². The number of hydrogen-bond donors (Lipinski definition) is 2. The van der Waals surface area contributed by atoms with Gasteiger partial charge in [0.25, 0.3) is 0 Å². The Hall–Kier alpha value is -0.900. The molecule has 4 fully saturated rings. The fourth-order valence-corrected chi connectivity index (χ4v) is 8.18. The van der Waals surface area contributed by atoms with E-state index in [0.717, 1.165) is 54.7 Å². The molecule has 0 heterocycles. The molecule has 0 unspecified atom stereocenters. The molecule has 4 nitrogen and oxygen atoms in total. The standard InChI is InChI=1S/C24H40N2O2/c1-23(28)11-9-16-15(14-23)5-6-18-17(16)10-12-24(2)19(18)7-8-20(24)21(27)13-22(25-3)26-4/h15-20,28H,5-14H2,1-4H3,(H,25,26)/t15-,16+,17-,18-,19+,20-,23-,24+/m1/s1. The summed E-state index contributed by atoms with van der Waals surface area (Å²) < 4.78 is 0. The van der Waals surface area contributed by atoms with E-state index >= 15 is 0 Å². The largest absolute Gasteiger partial charge is 0.390 e. The fourth-order valence-electron chi connectivity index (χ4n) is 8.18. The van der Waals surface area contributed by atoms with Crippen LogP contribution in [-0.2, 0) is 4.79 Å². The van der Waals surface area contributed by atoms with Gasteiger partial charge in [-0.15, -0.1) is 0 Å². The topological polar surface area (TPSA) is 61.7 Å². The summed E-state index contributed by atoms with van der Waals surface area (Å²) in [4.78, 5) is 17.4. The first-order valence-electron chi connectivity index (χ1n) is 11.7. The Morgan fingerprint density at radius 1 is 1.04 bits per heavy atom. The van der Waals surface area contributed by atoms with Crippen LogP contribution >= 0.6 is 0 Å². The molecule has 0 aromatic rings. The lowest BCUT2D eigenvalue weighted by molar-refractivity contribution is -0.131. The summed E-state index contributed by atoms with van der Waals surface area (Å²) in [5.74, 6) is 5.36. The smallest absolute Gasteiger partial charge is 0.143 e. The Bertz CT molecular complexity index is 643. The summed E-state index contributed by atoms with van der Waals surface area (Å²) in [6.07, 6.45) is 11.1. The number of hydrogen-bond acceptors (Lipinski definition) is 3. The number of carbonyl (C=O) groups is 1. The minimum atomic E-state index is -0.437. The molecule has 28 heavy (non-hydrogen) atoms. The number of aliphatic hydroxyl groups is 1. The van der Waals surface area contributed by atoms with Crippen LogP contribution in [0.5, 0.6) is 0 Å². The van der Waals surface area contributed by atoms with Crippen LogP contribution in [0.2, 0.25) is 0 Å². The summed E-state index contributed by atoms with van der Waals surface area (Å²) in [6, 6.07) is 0. The van der Waals surface area contributed by atoms with Gasteiger partial charge < -0.3 is 10.4 Å². The van der Waals surface area contributed by atoms with E-state index in [2.05, 4.69) is 17.2 Å². The summed E-state index contributed by atoms with van der Waals surface area (Å²) in [5.41, 5.74) is -0.244. The van der Waals surface area contributed by atoms with Crippen LogP contribution in [0.1, 0.15) is 78.1 Å². The van der Waals surface area contributed by atoms with Crippen molar-refractivity contribution in [1.29, 1.82) is 0 Å². The molecule has 4 rings (SSSR count). The number of amidine groups is 1. The Balaban J connectivity index is 1.49. The predicted octanol–water partition coefficient (Wildman–Crippen LogP) is 4.21. The van der Waals surface area contributed by atoms with E-state index in [1.54, 1.807) is 7.05 Å². The first kappa shape index (κ1) is 20.4. The molecule has 2 N–H and O–H groups in total. The van der Waals surface area contributed by atoms with Crippen molar-refractivity contribution >= 4 is 11.6 Å². The molecule has 0 aliphatic heterocycles. The molecule has 0 spiro atoms. The molecule has 0 radical (unpaired) electrons. The van der Waals surface area contributed by atoms with E-state index in [0.29, 0.717) is 12.2 Å². The van der Waals surface area contributed by atoms with Gasteiger partial charge in [-0.25, -0.2) is 0 Å².